The van der Waals surface area contributed by atoms with Gasteiger partial charge in [0, 0.05) is 19.2 Å². The van der Waals surface area contributed by atoms with Crippen LogP contribution in [0.1, 0.15) is 46.0 Å². The molecule has 1 rings (SSSR count). The number of rotatable bonds is 9. The molecule has 0 bridgehead atoms. The van der Waals surface area contributed by atoms with E-state index < -0.39 is 0 Å². The summed E-state index contributed by atoms with van der Waals surface area (Å²) < 4.78 is 5.51. The van der Waals surface area contributed by atoms with Crippen molar-refractivity contribution in [3.8, 4) is 0 Å². The molecule has 1 aliphatic carbocycles. The summed E-state index contributed by atoms with van der Waals surface area (Å²) in [5.41, 5.74) is 0. The van der Waals surface area contributed by atoms with Crippen LogP contribution in [0, 0.1) is 5.92 Å². The van der Waals surface area contributed by atoms with Crippen molar-refractivity contribution in [1.29, 1.82) is 0 Å². The largest absolute Gasteiger partial charge is 0.380 e. The van der Waals surface area contributed by atoms with Crippen molar-refractivity contribution in [3.63, 3.8) is 0 Å². The van der Waals surface area contributed by atoms with Crippen molar-refractivity contribution in [2.75, 3.05) is 19.8 Å². The normalized spacial score (nSPS) is 18.4. The molecule has 1 unspecified atom stereocenters. The van der Waals surface area contributed by atoms with E-state index in [0.29, 0.717) is 0 Å². The zero-order chi connectivity index (χ0) is 10.2. The third-order valence-corrected chi connectivity index (χ3v) is 2.93. The predicted molar refractivity (Wildman–Crippen MR) is 60.5 cm³/mol. The Morgan fingerprint density at radius 3 is 2.64 bits per heavy atom. The Bertz CT molecular complexity index is 134. The molecular formula is C12H25NO. The van der Waals surface area contributed by atoms with Gasteiger partial charge in [-0.15, -0.1) is 0 Å². The highest BCUT2D eigenvalue weighted by Gasteiger charge is 2.29. The molecule has 84 valence electrons. The Labute approximate surface area is 88.4 Å². The van der Waals surface area contributed by atoms with Crippen LogP contribution in [0.4, 0.5) is 0 Å². The molecule has 1 N–H and O–H groups in total. The van der Waals surface area contributed by atoms with Crippen molar-refractivity contribution in [2.45, 2.75) is 52.0 Å². The lowest BCUT2D eigenvalue weighted by molar-refractivity contribution is 0.130. The van der Waals surface area contributed by atoms with Gasteiger partial charge in [0.25, 0.3) is 0 Å². The fourth-order valence-electron chi connectivity index (χ4n) is 1.81. The van der Waals surface area contributed by atoms with Crippen LogP contribution in [0.15, 0.2) is 0 Å². The van der Waals surface area contributed by atoms with Gasteiger partial charge in [0.2, 0.25) is 0 Å². The van der Waals surface area contributed by atoms with Gasteiger partial charge in [-0.1, -0.05) is 20.3 Å². The van der Waals surface area contributed by atoms with Crippen LogP contribution in [-0.2, 0) is 4.74 Å². The second-order valence-corrected chi connectivity index (χ2v) is 4.27. The van der Waals surface area contributed by atoms with E-state index in [0.717, 1.165) is 31.7 Å². The van der Waals surface area contributed by atoms with Gasteiger partial charge in [0.05, 0.1) is 6.61 Å². The third-order valence-electron chi connectivity index (χ3n) is 2.93. The molecule has 0 heterocycles. The van der Waals surface area contributed by atoms with Crippen molar-refractivity contribution in [3.05, 3.63) is 0 Å². The molecule has 2 nitrogen and oxygen atoms in total. The molecular weight excluding hydrogens is 174 g/mol. The average molecular weight is 199 g/mol. The predicted octanol–water partition coefficient (Wildman–Crippen LogP) is 2.58. The fourth-order valence-corrected chi connectivity index (χ4v) is 1.81. The number of hydrogen-bond donors (Lipinski definition) is 1. The molecule has 0 amide bonds. The second-order valence-electron chi connectivity index (χ2n) is 4.27. The molecule has 1 atom stereocenters. The van der Waals surface area contributed by atoms with Gasteiger partial charge < -0.3 is 10.1 Å². The van der Waals surface area contributed by atoms with Gasteiger partial charge in [-0.05, 0) is 31.6 Å². The monoisotopic (exact) mass is 199 g/mol. The Morgan fingerprint density at radius 2 is 2.07 bits per heavy atom. The highest BCUT2D eigenvalue weighted by molar-refractivity contribution is 4.85. The summed E-state index contributed by atoms with van der Waals surface area (Å²) >= 11 is 0. The Hall–Kier alpha value is -0.0800. The molecule has 0 radical (unpaired) electrons. The molecule has 14 heavy (non-hydrogen) atoms. The van der Waals surface area contributed by atoms with Crippen LogP contribution in [0.5, 0.6) is 0 Å². The molecule has 1 aliphatic rings. The summed E-state index contributed by atoms with van der Waals surface area (Å²) in [6, 6.07) is 0.754. The molecule has 0 saturated heterocycles. The lowest BCUT2D eigenvalue weighted by Gasteiger charge is -2.15. The number of ether oxygens (including phenoxy) is 1. The summed E-state index contributed by atoms with van der Waals surface area (Å²) in [4.78, 5) is 0. The smallest absolute Gasteiger partial charge is 0.0591 e. The van der Waals surface area contributed by atoms with E-state index in [2.05, 4.69) is 19.2 Å². The number of nitrogens with one attached hydrogen (secondary N) is 1. The van der Waals surface area contributed by atoms with E-state index in [4.69, 9.17) is 4.74 Å². The van der Waals surface area contributed by atoms with E-state index in [1.54, 1.807) is 0 Å². The maximum absolute atomic E-state index is 5.51. The lowest BCUT2D eigenvalue weighted by Crippen LogP contribution is -2.33. The van der Waals surface area contributed by atoms with E-state index in [1.807, 2.05) is 0 Å². The standard InChI is InChI=1S/C12H25NO/c1-3-5-9-14-10-8-13-12(4-2)11-6-7-11/h11-13H,3-10H2,1-2H3. The van der Waals surface area contributed by atoms with Crippen molar-refractivity contribution < 1.29 is 4.74 Å². The van der Waals surface area contributed by atoms with Crippen molar-refractivity contribution >= 4 is 0 Å². The van der Waals surface area contributed by atoms with Gasteiger partial charge >= 0.3 is 0 Å². The first-order chi connectivity index (χ1) is 6.88. The molecule has 1 saturated carbocycles. The lowest BCUT2D eigenvalue weighted by atomic mass is 10.1. The summed E-state index contributed by atoms with van der Waals surface area (Å²) in [5.74, 6) is 0.968. The van der Waals surface area contributed by atoms with E-state index in [9.17, 15) is 0 Å². The summed E-state index contributed by atoms with van der Waals surface area (Å²) in [5, 5.41) is 3.58. The quantitative estimate of drug-likeness (QED) is 0.576. The minimum atomic E-state index is 0.754. The van der Waals surface area contributed by atoms with Crippen LogP contribution >= 0.6 is 0 Å². The molecule has 0 spiro atoms. The fraction of sp³-hybridized carbons (Fsp3) is 1.00. The first kappa shape index (κ1) is 12.0. The Balaban J connectivity index is 1.86. The van der Waals surface area contributed by atoms with E-state index >= 15 is 0 Å². The first-order valence-corrected chi connectivity index (χ1v) is 6.19. The molecule has 0 aliphatic heterocycles. The van der Waals surface area contributed by atoms with E-state index in [-0.39, 0.29) is 0 Å². The van der Waals surface area contributed by atoms with Crippen LogP contribution in [0.25, 0.3) is 0 Å². The summed E-state index contributed by atoms with van der Waals surface area (Å²) in [6.07, 6.45) is 6.55. The zero-order valence-corrected chi connectivity index (χ0v) is 9.72. The molecule has 0 aromatic heterocycles. The van der Waals surface area contributed by atoms with Crippen LogP contribution in [0.3, 0.4) is 0 Å². The van der Waals surface area contributed by atoms with Gasteiger partial charge in [-0.25, -0.2) is 0 Å². The van der Waals surface area contributed by atoms with Gasteiger partial charge in [-0.2, -0.15) is 0 Å². The minimum Gasteiger partial charge on any atom is -0.380 e. The maximum atomic E-state index is 5.51. The number of hydrogen-bond acceptors (Lipinski definition) is 2. The molecule has 0 aromatic rings. The van der Waals surface area contributed by atoms with E-state index in [1.165, 1.54) is 32.1 Å². The van der Waals surface area contributed by atoms with Gasteiger partial charge in [0.15, 0.2) is 0 Å². The molecule has 1 fully saturated rings. The summed E-state index contributed by atoms with van der Waals surface area (Å²) in [7, 11) is 0. The van der Waals surface area contributed by atoms with Gasteiger partial charge in [0.1, 0.15) is 0 Å². The van der Waals surface area contributed by atoms with Crippen molar-refractivity contribution in [1.82, 2.24) is 5.32 Å². The Morgan fingerprint density at radius 1 is 1.29 bits per heavy atom. The minimum absolute atomic E-state index is 0.754. The first-order valence-electron chi connectivity index (χ1n) is 6.19. The number of unbranched alkanes of at least 4 members (excludes halogenated alkanes) is 1. The average Bonchev–Trinajstić information content (AvgIpc) is 3.01. The van der Waals surface area contributed by atoms with Gasteiger partial charge in [-0.3, -0.25) is 0 Å². The highest BCUT2D eigenvalue weighted by Crippen LogP contribution is 2.33. The third kappa shape index (κ3) is 4.97. The SMILES string of the molecule is CCCCOCCNC(CC)C1CC1. The molecule has 2 heteroatoms. The zero-order valence-electron chi connectivity index (χ0n) is 9.72. The van der Waals surface area contributed by atoms with Crippen LogP contribution < -0.4 is 5.32 Å². The summed E-state index contributed by atoms with van der Waals surface area (Å²) in [6.45, 7) is 7.30. The second kappa shape index (κ2) is 7.24. The molecule has 0 aromatic carbocycles. The highest BCUT2D eigenvalue weighted by atomic mass is 16.5. The Kier molecular flexibility index (Phi) is 6.20. The van der Waals surface area contributed by atoms with Crippen LogP contribution in [0.2, 0.25) is 0 Å². The van der Waals surface area contributed by atoms with Crippen LogP contribution in [-0.4, -0.2) is 25.8 Å². The maximum Gasteiger partial charge on any atom is 0.0591 e. The topological polar surface area (TPSA) is 21.3 Å². The van der Waals surface area contributed by atoms with Crippen molar-refractivity contribution in [2.24, 2.45) is 5.92 Å².